The summed E-state index contributed by atoms with van der Waals surface area (Å²) in [5, 5.41) is 0. The maximum absolute atomic E-state index is 10.8. The minimum Gasteiger partial charge on any atom is -0.385 e. The third kappa shape index (κ3) is 2.36. The summed E-state index contributed by atoms with van der Waals surface area (Å²) >= 11 is 0. The summed E-state index contributed by atoms with van der Waals surface area (Å²) in [6.45, 7) is 2.71. The Morgan fingerprint density at radius 2 is 2.29 bits per heavy atom. The molecule has 4 heteroatoms. The minimum absolute atomic E-state index is 0.669. The number of rotatable bonds is 5. The van der Waals surface area contributed by atoms with E-state index in [1.54, 1.807) is 7.11 Å². The van der Waals surface area contributed by atoms with Gasteiger partial charge in [0, 0.05) is 31.9 Å². The number of carbonyl (C=O) groups excluding carboxylic acids is 1. The number of hydrogen-bond donors (Lipinski definition) is 0. The molecule has 0 amide bonds. The standard InChI is InChI=1S/C13H16N2O2/c1-10-12-6-5-11(9-16)8-15(12)13(14-10)4-3-7-17-2/h5-6,8-9H,3-4,7H2,1-2H3. The highest BCUT2D eigenvalue weighted by molar-refractivity contribution is 5.75. The number of pyridine rings is 1. The first-order valence-corrected chi connectivity index (χ1v) is 5.68. The van der Waals surface area contributed by atoms with Crippen molar-refractivity contribution in [1.82, 2.24) is 9.38 Å². The summed E-state index contributed by atoms with van der Waals surface area (Å²) < 4.78 is 7.03. The quantitative estimate of drug-likeness (QED) is 0.585. The Morgan fingerprint density at radius 1 is 1.47 bits per heavy atom. The summed E-state index contributed by atoms with van der Waals surface area (Å²) in [6, 6.07) is 3.75. The molecule has 0 saturated heterocycles. The summed E-state index contributed by atoms with van der Waals surface area (Å²) in [5.74, 6) is 0.984. The van der Waals surface area contributed by atoms with Gasteiger partial charge in [0.05, 0.1) is 11.2 Å². The van der Waals surface area contributed by atoms with Crippen LogP contribution in [0.2, 0.25) is 0 Å². The number of fused-ring (bicyclic) bond motifs is 1. The van der Waals surface area contributed by atoms with Crippen molar-refractivity contribution in [3.8, 4) is 0 Å². The van der Waals surface area contributed by atoms with Gasteiger partial charge in [-0.15, -0.1) is 0 Å². The summed E-state index contributed by atoms with van der Waals surface area (Å²) in [6.07, 6.45) is 4.48. The molecule has 0 aliphatic heterocycles. The second kappa shape index (κ2) is 5.10. The van der Waals surface area contributed by atoms with Gasteiger partial charge in [0.25, 0.3) is 0 Å². The molecule has 90 valence electrons. The molecule has 0 aliphatic carbocycles. The van der Waals surface area contributed by atoms with Crippen molar-refractivity contribution < 1.29 is 9.53 Å². The lowest BCUT2D eigenvalue weighted by Crippen LogP contribution is -1.99. The number of imidazole rings is 1. The molecule has 0 bridgehead atoms. The lowest BCUT2D eigenvalue weighted by Gasteiger charge is -2.01. The topological polar surface area (TPSA) is 43.6 Å². The Bertz CT molecular complexity index is 531. The second-order valence-corrected chi connectivity index (χ2v) is 4.05. The Labute approximate surface area is 100 Å². The first kappa shape index (κ1) is 11.8. The molecule has 0 radical (unpaired) electrons. The monoisotopic (exact) mass is 232 g/mol. The lowest BCUT2D eigenvalue weighted by molar-refractivity contribution is 0.112. The van der Waals surface area contributed by atoms with Gasteiger partial charge >= 0.3 is 0 Å². The average Bonchev–Trinajstić information content (AvgIpc) is 2.66. The van der Waals surface area contributed by atoms with E-state index < -0.39 is 0 Å². The van der Waals surface area contributed by atoms with Gasteiger partial charge in [-0.2, -0.15) is 0 Å². The van der Waals surface area contributed by atoms with Crippen LogP contribution in [0.5, 0.6) is 0 Å². The fourth-order valence-corrected chi connectivity index (χ4v) is 1.95. The number of methoxy groups -OCH3 is 1. The second-order valence-electron chi connectivity index (χ2n) is 4.05. The van der Waals surface area contributed by atoms with E-state index >= 15 is 0 Å². The largest absolute Gasteiger partial charge is 0.385 e. The summed E-state index contributed by atoms with van der Waals surface area (Å²) in [5.41, 5.74) is 2.72. The molecule has 2 rings (SSSR count). The van der Waals surface area contributed by atoms with E-state index in [4.69, 9.17) is 4.74 Å². The van der Waals surface area contributed by atoms with Gasteiger partial charge in [0.1, 0.15) is 5.82 Å². The molecule has 17 heavy (non-hydrogen) atoms. The minimum atomic E-state index is 0.669. The van der Waals surface area contributed by atoms with Crippen molar-refractivity contribution in [3.63, 3.8) is 0 Å². The average molecular weight is 232 g/mol. The molecule has 0 aromatic carbocycles. The van der Waals surface area contributed by atoms with E-state index in [9.17, 15) is 4.79 Å². The van der Waals surface area contributed by atoms with Crippen LogP contribution in [0.4, 0.5) is 0 Å². The van der Waals surface area contributed by atoms with Crippen LogP contribution in [-0.2, 0) is 11.2 Å². The smallest absolute Gasteiger partial charge is 0.151 e. The number of aromatic nitrogens is 2. The van der Waals surface area contributed by atoms with Gasteiger partial charge in [-0.05, 0) is 25.5 Å². The lowest BCUT2D eigenvalue weighted by atomic mass is 10.2. The number of nitrogens with zero attached hydrogens (tertiary/aromatic N) is 2. The first-order valence-electron chi connectivity index (χ1n) is 5.68. The van der Waals surface area contributed by atoms with Crippen molar-refractivity contribution >= 4 is 11.8 Å². The molecule has 2 heterocycles. The molecule has 2 aromatic rings. The highest BCUT2D eigenvalue weighted by atomic mass is 16.5. The normalized spacial score (nSPS) is 10.9. The van der Waals surface area contributed by atoms with Crippen LogP contribution in [0, 0.1) is 6.92 Å². The van der Waals surface area contributed by atoms with E-state index in [1.807, 2.05) is 29.7 Å². The van der Waals surface area contributed by atoms with Gasteiger partial charge in [0.2, 0.25) is 0 Å². The number of ether oxygens (including phenoxy) is 1. The zero-order chi connectivity index (χ0) is 12.3. The van der Waals surface area contributed by atoms with Crippen molar-refractivity contribution in [2.45, 2.75) is 19.8 Å². The van der Waals surface area contributed by atoms with E-state index in [0.29, 0.717) is 5.56 Å². The molecule has 0 unspecified atom stereocenters. The van der Waals surface area contributed by atoms with Gasteiger partial charge in [-0.25, -0.2) is 4.98 Å². The van der Waals surface area contributed by atoms with Crippen LogP contribution in [-0.4, -0.2) is 29.4 Å². The van der Waals surface area contributed by atoms with Crippen LogP contribution in [0.15, 0.2) is 18.3 Å². The Hall–Kier alpha value is -1.68. The molecule has 2 aromatic heterocycles. The fraction of sp³-hybridized carbons (Fsp3) is 0.385. The molecule has 0 saturated carbocycles. The van der Waals surface area contributed by atoms with E-state index in [2.05, 4.69) is 4.98 Å². The zero-order valence-corrected chi connectivity index (χ0v) is 10.1. The predicted octanol–water partition coefficient (Wildman–Crippen LogP) is 2.03. The first-order chi connectivity index (χ1) is 8.26. The number of carbonyl (C=O) groups is 1. The van der Waals surface area contributed by atoms with Gasteiger partial charge in [0.15, 0.2) is 6.29 Å². The predicted molar refractivity (Wildman–Crippen MR) is 65.5 cm³/mol. The third-order valence-electron chi connectivity index (χ3n) is 2.80. The Balaban J connectivity index is 2.37. The molecule has 0 N–H and O–H groups in total. The van der Waals surface area contributed by atoms with Crippen molar-refractivity contribution in [1.29, 1.82) is 0 Å². The Kier molecular flexibility index (Phi) is 3.54. The highest BCUT2D eigenvalue weighted by Crippen LogP contribution is 2.14. The molecule has 0 aliphatic rings. The van der Waals surface area contributed by atoms with Crippen molar-refractivity contribution in [2.24, 2.45) is 0 Å². The Morgan fingerprint density at radius 3 is 3.00 bits per heavy atom. The molecule has 0 fully saturated rings. The van der Waals surface area contributed by atoms with E-state index in [-0.39, 0.29) is 0 Å². The maximum atomic E-state index is 10.8. The summed E-state index contributed by atoms with van der Waals surface area (Å²) in [4.78, 5) is 15.3. The molecular weight excluding hydrogens is 216 g/mol. The van der Waals surface area contributed by atoms with Crippen LogP contribution in [0.25, 0.3) is 5.52 Å². The summed E-state index contributed by atoms with van der Waals surface area (Å²) in [7, 11) is 1.69. The van der Waals surface area contributed by atoms with Gasteiger partial charge in [-0.1, -0.05) is 0 Å². The maximum Gasteiger partial charge on any atom is 0.151 e. The molecule has 4 nitrogen and oxygen atoms in total. The van der Waals surface area contributed by atoms with Crippen molar-refractivity contribution in [2.75, 3.05) is 13.7 Å². The molecular formula is C13H16N2O2. The molecule has 0 atom stereocenters. The third-order valence-corrected chi connectivity index (χ3v) is 2.80. The number of aldehydes is 1. The van der Waals surface area contributed by atoms with Crippen LogP contribution in [0.3, 0.4) is 0 Å². The number of aryl methyl sites for hydroxylation is 2. The number of hydrogen-bond acceptors (Lipinski definition) is 3. The van der Waals surface area contributed by atoms with Gasteiger partial charge in [-0.3, -0.25) is 4.79 Å². The van der Waals surface area contributed by atoms with Crippen molar-refractivity contribution in [3.05, 3.63) is 35.4 Å². The SMILES string of the molecule is COCCCc1nc(C)c2ccc(C=O)cn12. The van der Waals surface area contributed by atoms with E-state index in [0.717, 1.165) is 42.8 Å². The highest BCUT2D eigenvalue weighted by Gasteiger charge is 2.07. The van der Waals surface area contributed by atoms with Crippen LogP contribution in [0.1, 0.15) is 28.3 Å². The van der Waals surface area contributed by atoms with E-state index in [1.165, 1.54) is 0 Å². The van der Waals surface area contributed by atoms with Crippen LogP contribution < -0.4 is 0 Å². The zero-order valence-electron chi connectivity index (χ0n) is 10.1. The van der Waals surface area contributed by atoms with Gasteiger partial charge < -0.3 is 9.14 Å². The fourth-order valence-electron chi connectivity index (χ4n) is 1.95. The molecule has 0 spiro atoms. The van der Waals surface area contributed by atoms with Crippen LogP contribution >= 0.6 is 0 Å².